The van der Waals surface area contributed by atoms with Crippen LogP contribution in [0.5, 0.6) is 0 Å². The molecule has 1 aliphatic heterocycles. The van der Waals surface area contributed by atoms with Gasteiger partial charge < -0.3 is 10.1 Å². The summed E-state index contributed by atoms with van der Waals surface area (Å²) in [5.41, 5.74) is -0.794. The van der Waals surface area contributed by atoms with E-state index in [1.165, 1.54) is 24.3 Å². The van der Waals surface area contributed by atoms with Crippen LogP contribution in [0, 0.1) is 11.7 Å². The number of carbonyl (C=O) groups excluding carboxylic acids is 1. The van der Waals surface area contributed by atoms with Gasteiger partial charge >= 0.3 is 0 Å². The predicted octanol–water partition coefficient (Wildman–Crippen LogP) is 3.83. The fourth-order valence-electron chi connectivity index (χ4n) is 2.94. The van der Waals surface area contributed by atoms with E-state index >= 15 is 0 Å². The summed E-state index contributed by atoms with van der Waals surface area (Å²) in [7, 11) is -3.60. The smallest absolute Gasteiger partial charge is 0.266 e. The van der Waals surface area contributed by atoms with Crippen molar-refractivity contribution >= 4 is 21.4 Å². The van der Waals surface area contributed by atoms with E-state index in [0.717, 1.165) is 18.2 Å². The van der Waals surface area contributed by atoms with Gasteiger partial charge in [-0.1, -0.05) is 6.07 Å². The fourth-order valence-corrected chi connectivity index (χ4v) is 4.61. The van der Waals surface area contributed by atoms with Crippen molar-refractivity contribution in [3.05, 3.63) is 59.4 Å². The van der Waals surface area contributed by atoms with Crippen LogP contribution in [-0.4, -0.2) is 33.3 Å². The van der Waals surface area contributed by atoms with E-state index < -0.39 is 33.6 Å². The average molecular weight is 413 g/mol. The van der Waals surface area contributed by atoms with Gasteiger partial charge in [0.15, 0.2) is 9.84 Å². The molecule has 0 aliphatic carbocycles. The second-order valence-electron chi connectivity index (χ2n) is 6.53. The maximum atomic E-state index is 13.4. The summed E-state index contributed by atoms with van der Waals surface area (Å²) in [5.74, 6) is -1.92. The molecule has 2 aromatic rings. The van der Waals surface area contributed by atoms with Crippen LogP contribution in [0.2, 0.25) is 0 Å². The minimum absolute atomic E-state index is 0.000532. The van der Waals surface area contributed by atoms with Crippen LogP contribution in [-0.2, 0) is 14.6 Å². The van der Waals surface area contributed by atoms with Gasteiger partial charge in [0.25, 0.3) is 12.3 Å². The molecule has 0 aromatic heterocycles. The lowest BCUT2D eigenvalue weighted by Gasteiger charge is -2.11. The predicted molar refractivity (Wildman–Crippen MR) is 96.7 cm³/mol. The summed E-state index contributed by atoms with van der Waals surface area (Å²) < 4.78 is 69.3. The Morgan fingerprint density at radius 3 is 2.68 bits per heavy atom. The highest BCUT2D eigenvalue weighted by Gasteiger charge is 2.25. The number of hydrogen-bond donors (Lipinski definition) is 1. The topological polar surface area (TPSA) is 72.5 Å². The molecule has 0 saturated carbocycles. The number of anilines is 1. The van der Waals surface area contributed by atoms with Gasteiger partial charge in [-0.25, -0.2) is 21.6 Å². The number of rotatable bonds is 6. The third kappa shape index (κ3) is 4.71. The first-order valence-electron chi connectivity index (χ1n) is 8.56. The monoisotopic (exact) mass is 413 g/mol. The standard InChI is InChI=1S/C19H18F3NO4S/c20-17-5-4-14(9-16(17)18(21)22)23-19(24)13-2-1-3-15(8-13)28(25,26)11-12-6-7-27-10-12/h1-5,8-9,12,18H,6-7,10-11H2,(H,23,24)/t12-/m0/s1. The fraction of sp³-hybridized carbons (Fsp3) is 0.316. The molecule has 0 bridgehead atoms. The van der Waals surface area contributed by atoms with Crippen molar-refractivity contribution in [3.63, 3.8) is 0 Å². The molecule has 0 radical (unpaired) electrons. The van der Waals surface area contributed by atoms with Gasteiger partial charge in [-0.05, 0) is 48.7 Å². The summed E-state index contributed by atoms with van der Waals surface area (Å²) in [5, 5.41) is 2.38. The van der Waals surface area contributed by atoms with E-state index in [0.29, 0.717) is 19.6 Å². The van der Waals surface area contributed by atoms with Crippen LogP contribution < -0.4 is 5.32 Å². The highest BCUT2D eigenvalue weighted by molar-refractivity contribution is 7.91. The molecule has 5 nitrogen and oxygen atoms in total. The molecule has 0 unspecified atom stereocenters. The van der Waals surface area contributed by atoms with Gasteiger partial charge in [-0.15, -0.1) is 0 Å². The highest BCUT2D eigenvalue weighted by Crippen LogP contribution is 2.26. The zero-order valence-electron chi connectivity index (χ0n) is 14.7. The minimum Gasteiger partial charge on any atom is -0.381 e. The lowest BCUT2D eigenvalue weighted by Crippen LogP contribution is -2.18. The molecular weight excluding hydrogens is 395 g/mol. The Morgan fingerprint density at radius 2 is 2.00 bits per heavy atom. The zero-order valence-corrected chi connectivity index (χ0v) is 15.5. The zero-order chi connectivity index (χ0) is 20.3. The average Bonchev–Trinajstić information content (AvgIpc) is 3.15. The van der Waals surface area contributed by atoms with Crippen molar-refractivity contribution in [2.75, 3.05) is 24.3 Å². The van der Waals surface area contributed by atoms with Gasteiger partial charge in [-0.3, -0.25) is 4.79 Å². The second kappa shape index (κ2) is 8.32. The maximum Gasteiger partial charge on any atom is 0.266 e. The highest BCUT2D eigenvalue weighted by atomic mass is 32.2. The SMILES string of the molecule is O=C(Nc1ccc(F)c(C(F)F)c1)c1cccc(S(=O)(=O)C[C@H]2CCOC2)c1. The first kappa shape index (κ1) is 20.3. The second-order valence-corrected chi connectivity index (χ2v) is 8.56. The molecule has 2 aromatic carbocycles. The molecule has 1 aliphatic rings. The third-order valence-electron chi connectivity index (χ3n) is 4.42. The van der Waals surface area contributed by atoms with Crippen LogP contribution in [0.25, 0.3) is 0 Å². The van der Waals surface area contributed by atoms with E-state index in [-0.39, 0.29) is 27.8 Å². The molecule has 1 heterocycles. The summed E-state index contributed by atoms with van der Waals surface area (Å²) in [4.78, 5) is 12.4. The molecule has 1 saturated heterocycles. The van der Waals surface area contributed by atoms with Crippen molar-refractivity contribution in [3.8, 4) is 0 Å². The van der Waals surface area contributed by atoms with Crippen LogP contribution in [0.1, 0.15) is 28.8 Å². The van der Waals surface area contributed by atoms with Crippen LogP contribution in [0.3, 0.4) is 0 Å². The van der Waals surface area contributed by atoms with Crippen molar-refractivity contribution < 1.29 is 31.1 Å². The Labute approximate surface area is 160 Å². The quantitative estimate of drug-likeness (QED) is 0.781. The molecule has 3 rings (SSSR count). The number of hydrogen-bond acceptors (Lipinski definition) is 4. The summed E-state index contributed by atoms with van der Waals surface area (Å²) in [6.45, 7) is 0.914. The molecule has 150 valence electrons. The molecule has 0 spiro atoms. The Morgan fingerprint density at radius 1 is 1.21 bits per heavy atom. The molecule has 9 heteroatoms. The first-order valence-corrected chi connectivity index (χ1v) is 10.2. The number of ether oxygens (including phenoxy) is 1. The molecule has 1 N–H and O–H groups in total. The Balaban J connectivity index is 1.78. The molecule has 1 fully saturated rings. The van der Waals surface area contributed by atoms with Gasteiger partial charge in [0, 0.05) is 17.9 Å². The summed E-state index contributed by atoms with van der Waals surface area (Å²) in [6, 6.07) is 8.31. The van der Waals surface area contributed by atoms with Gasteiger partial charge in [-0.2, -0.15) is 0 Å². The van der Waals surface area contributed by atoms with Crippen molar-refractivity contribution in [2.45, 2.75) is 17.7 Å². The van der Waals surface area contributed by atoms with Gasteiger partial charge in [0.2, 0.25) is 0 Å². The van der Waals surface area contributed by atoms with Crippen molar-refractivity contribution in [1.82, 2.24) is 0 Å². The number of nitrogens with one attached hydrogen (secondary N) is 1. The van der Waals surface area contributed by atoms with E-state index in [1.54, 1.807) is 0 Å². The largest absolute Gasteiger partial charge is 0.381 e. The lowest BCUT2D eigenvalue weighted by atomic mass is 10.1. The Kier molecular flexibility index (Phi) is 6.04. The van der Waals surface area contributed by atoms with Crippen molar-refractivity contribution in [2.24, 2.45) is 5.92 Å². The summed E-state index contributed by atoms with van der Waals surface area (Å²) in [6.07, 6.45) is -2.36. The number of carbonyl (C=O) groups is 1. The number of sulfone groups is 1. The van der Waals surface area contributed by atoms with E-state index in [2.05, 4.69) is 5.32 Å². The number of benzene rings is 2. The Hall–Kier alpha value is -2.39. The first-order chi connectivity index (χ1) is 13.3. The number of halogens is 3. The molecule has 1 amide bonds. The molecular formula is C19H18F3NO4S. The van der Waals surface area contributed by atoms with E-state index in [1.807, 2.05) is 0 Å². The number of amides is 1. The minimum atomic E-state index is -3.60. The normalized spacial score (nSPS) is 17.1. The van der Waals surface area contributed by atoms with Crippen LogP contribution in [0.15, 0.2) is 47.4 Å². The molecule has 28 heavy (non-hydrogen) atoms. The Bertz CT molecular complexity index is 973. The van der Waals surface area contributed by atoms with Crippen LogP contribution >= 0.6 is 0 Å². The summed E-state index contributed by atoms with van der Waals surface area (Å²) >= 11 is 0. The van der Waals surface area contributed by atoms with Gasteiger partial charge in [0.1, 0.15) is 5.82 Å². The maximum absolute atomic E-state index is 13.4. The van der Waals surface area contributed by atoms with E-state index in [4.69, 9.17) is 4.74 Å². The third-order valence-corrected chi connectivity index (χ3v) is 6.31. The molecule has 1 atom stereocenters. The van der Waals surface area contributed by atoms with Crippen LogP contribution in [0.4, 0.5) is 18.9 Å². The van der Waals surface area contributed by atoms with Gasteiger partial charge in [0.05, 0.1) is 22.8 Å². The lowest BCUT2D eigenvalue weighted by molar-refractivity contribution is 0.102. The van der Waals surface area contributed by atoms with Crippen molar-refractivity contribution in [1.29, 1.82) is 0 Å². The number of alkyl halides is 2. The van der Waals surface area contributed by atoms with E-state index in [9.17, 15) is 26.4 Å².